The van der Waals surface area contributed by atoms with Crippen molar-refractivity contribution in [3.05, 3.63) is 90.3 Å². The van der Waals surface area contributed by atoms with E-state index in [4.69, 9.17) is 20.3 Å². The molecule has 0 radical (unpaired) electrons. The highest BCUT2D eigenvalue weighted by Gasteiger charge is 2.39. The number of anilines is 1. The Hall–Kier alpha value is -5.31. The second kappa shape index (κ2) is 15.3. The molecule has 2 aromatic heterocycles. The minimum Gasteiger partial charge on any atom is -0.457 e. The predicted molar refractivity (Wildman–Crippen MR) is 200 cm³/mol. The van der Waals surface area contributed by atoms with Gasteiger partial charge in [0.2, 0.25) is 11.8 Å². The first kappa shape index (κ1) is 34.8. The van der Waals surface area contributed by atoms with Gasteiger partial charge in [-0.3, -0.25) is 24.6 Å². The lowest BCUT2D eigenvalue weighted by atomic mass is 10.0. The maximum Gasteiger partial charge on any atom is 0.255 e. The van der Waals surface area contributed by atoms with E-state index >= 15 is 0 Å². The molecule has 3 N–H and O–H groups in total. The normalized spacial score (nSPS) is 19.1. The number of ether oxygens (including phenoxy) is 2. The van der Waals surface area contributed by atoms with Crippen LogP contribution in [-0.2, 0) is 20.9 Å². The molecule has 14 heteroatoms. The number of fused-ring (bicyclic) bond motifs is 2. The van der Waals surface area contributed by atoms with E-state index in [1.54, 1.807) is 16.7 Å². The molecule has 2 atom stereocenters. The van der Waals surface area contributed by atoms with Gasteiger partial charge in [-0.25, -0.2) is 14.6 Å². The Kier molecular flexibility index (Phi) is 10.1. The van der Waals surface area contributed by atoms with Crippen LogP contribution < -0.4 is 15.8 Å². The van der Waals surface area contributed by atoms with Crippen LogP contribution in [0.25, 0.3) is 22.3 Å². The van der Waals surface area contributed by atoms with E-state index in [-0.39, 0.29) is 24.3 Å². The van der Waals surface area contributed by atoms with Crippen LogP contribution in [0.1, 0.15) is 47.6 Å². The number of thioether (sulfide) groups is 1. The molecule has 13 nitrogen and oxygen atoms in total. The van der Waals surface area contributed by atoms with E-state index in [1.807, 2.05) is 77.5 Å². The van der Waals surface area contributed by atoms with Crippen LogP contribution in [0.5, 0.6) is 11.5 Å². The largest absolute Gasteiger partial charge is 0.457 e. The van der Waals surface area contributed by atoms with Crippen LogP contribution in [0.3, 0.4) is 0 Å². The van der Waals surface area contributed by atoms with Crippen molar-refractivity contribution in [2.45, 2.75) is 49.2 Å². The fourth-order valence-corrected chi connectivity index (χ4v) is 8.33. The number of rotatable bonds is 12. The number of piperidine rings is 2. The predicted octanol–water partition coefficient (Wildman–Crippen LogP) is 5.07. The lowest BCUT2D eigenvalue weighted by molar-refractivity contribution is -0.136. The number of carbonyl (C=O) groups excluding carboxylic acids is 3. The highest BCUT2D eigenvalue weighted by atomic mass is 32.2. The lowest BCUT2D eigenvalue weighted by Gasteiger charge is -2.32. The van der Waals surface area contributed by atoms with Crippen molar-refractivity contribution >= 4 is 46.3 Å². The van der Waals surface area contributed by atoms with E-state index in [1.165, 1.54) is 6.33 Å². The number of carbonyl (C=O) groups is 3. The zero-order valence-corrected chi connectivity index (χ0v) is 30.0. The molecule has 272 valence electrons. The van der Waals surface area contributed by atoms with Crippen LogP contribution >= 0.6 is 11.8 Å². The molecule has 8 rings (SSSR count). The molecule has 2 fully saturated rings. The smallest absolute Gasteiger partial charge is 0.255 e. The van der Waals surface area contributed by atoms with E-state index in [0.717, 1.165) is 82.5 Å². The summed E-state index contributed by atoms with van der Waals surface area (Å²) in [4.78, 5) is 51.2. The lowest BCUT2D eigenvalue weighted by Crippen LogP contribution is -2.52. The van der Waals surface area contributed by atoms with E-state index in [9.17, 15) is 14.4 Å². The van der Waals surface area contributed by atoms with Crippen molar-refractivity contribution in [1.29, 1.82) is 0 Å². The van der Waals surface area contributed by atoms with Gasteiger partial charge < -0.3 is 20.1 Å². The zero-order chi connectivity index (χ0) is 36.3. The summed E-state index contributed by atoms with van der Waals surface area (Å²) in [6.45, 7) is 4.12. The Labute approximate surface area is 310 Å². The van der Waals surface area contributed by atoms with Gasteiger partial charge in [0.05, 0.1) is 24.6 Å². The Morgan fingerprint density at radius 3 is 2.58 bits per heavy atom. The number of benzene rings is 3. The van der Waals surface area contributed by atoms with Crippen LogP contribution in [0.4, 0.5) is 5.82 Å². The van der Waals surface area contributed by atoms with Crippen molar-refractivity contribution in [2.75, 3.05) is 44.3 Å². The average molecular weight is 733 g/mol. The number of nitrogen functional groups attached to an aromatic ring is 1. The first-order valence-corrected chi connectivity index (χ1v) is 18.9. The number of para-hydroxylation sites is 1. The topological polar surface area (TPSA) is 158 Å². The molecule has 5 heterocycles. The first-order valence-electron chi connectivity index (χ1n) is 17.9. The van der Waals surface area contributed by atoms with Crippen LogP contribution in [-0.4, -0.2) is 91.9 Å². The average Bonchev–Trinajstić information content (AvgIpc) is 3.73. The number of nitrogens with two attached hydrogens (primary N) is 1. The Morgan fingerprint density at radius 2 is 1.75 bits per heavy atom. The quantitative estimate of drug-likeness (QED) is 0.100. The molecule has 2 saturated heterocycles. The molecule has 5 aromatic rings. The van der Waals surface area contributed by atoms with Crippen LogP contribution in [0, 0.1) is 0 Å². The number of likely N-dealkylation sites (tertiary alicyclic amines) is 1. The van der Waals surface area contributed by atoms with Gasteiger partial charge in [0.15, 0.2) is 5.65 Å². The third kappa shape index (κ3) is 7.34. The van der Waals surface area contributed by atoms with E-state index in [0.29, 0.717) is 37.6 Å². The van der Waals surface area contributed by atoms with Gasteiger partial charge >= 0.3 is 0 Å². The number of hydrogen-bond donors (Lipinski definition) is 2. The monoisotopic (exact) mass is 732 g/mol. The zero-order valence-electron chi connectivity index (χ0n) is 29.1. The third-order valence-corrected chi connectivity index (χ3v) is 11.1. The molecule has 0 spiro atoms. The highest BCUT2D eigenvalue weighted by Crippen LogP contribution is 2.36. The molecule has 3 aromatic carbocycles. The summed E-state index contributed by atoms with van der Waals surface area (Å²) < 4.78 is 14.1. The van der Waals surface area contributed by atoms with Crippen molar-refractivity contribution in [1.82, 2.24) is 34.9 Å². The summed E-state index contributed by atoms with van der Waals surface area (Å²) in [5, 5.41) is 8.20. The Balaban J connectivity index is 0.853. The number of nitrogens with zero attached hydrogens (tertiary/aromatic N) is 6. The van der Waals surface area contributed by atoms with E-state index < -0.39 is 11.9 Å². The number of imide groups is 1. The van der Waals surface area contributed by atoms with Gasteiger partial charge in [-0.1, -0.05) is 24.3 Å². The third-order valence-electron chi connectivity index (χ3n) is 10.0. The summed E-state index contributed by atoms with van der Waals surface area (Å²) in [5.41, 5.74) is 10.4. The molecule has 2 unspecified atom stereocenters. The molecule has 0 aliphatic carbocycles. The molecular weight excluding hydrogens is 693 g/mol. The number of aromatic nitrogens is 4. The second-order valence-electron chi connectivity index (χ2n) is 13.4. The molecule has 3 amide bonds. The minimum absolute atomic E-state index is 0.119. The molecule has 0 bridgehead atoms. The van der Waals surface area contributed by atoms with Gasteiger partial charge in [0, 0.05) is 47.8 Å². The van der Waals surface area contributed by atoms with Crippen LogP contribution in [0.2, 0.25) is 0 Å². The SMILES string of the molecule is Nc1ncnc2c1c(-c1ccc(Oc3ccccc3)cc1)nn2C1CCCN(CCOCCSc2cccc3c2CN(C2CCC(=O)NC2=O)C3=O)C1. The number of amides is 3. The van der Waals surface area contributed by atoms with Crippen molar-refractivity contribution in [2.24, 2.45) is 0 Å². The summed E-state index contributed by atoms with van der Waals surface area (Å²) in [6, 6.07) is 22.7. The molecule has 53 heavy (non-hydrogen) atoms. The fraction of sp³-hybridized carbons (Fsp3) is 0.333. The summed E-state index contributed by atoms with van der Waals surface area (Å²) >= 11 is 1.65. The van der Waals surface area contributed by atoms with Crippen molar-refractivity contribution in [3.63, 3.8) is 0 Å². The van der Waals surface area contributed by atoms with Gasteiger partial charge in [-0.2, -0.15) is 5.10 Å². The molecule has 0 saturated carbocycles. The summed E-state index contributed by atoms with van der Waals surface area (Å²) in [7, 11) is 0. The van der Waals surface area contributed by atoms with Gasteiger partial charge in [0.1, 0.15) is 35.4 Å². The number of hydrogen-bond acceptors (Lipinski definition) is 11. The maximum atomic E-state index is 13.2. The first-order chi connectivity index (χ1) is 25.9. The fourth-order valence-electron chi connectivity index (χ4n) is 7.39. The Morgan fingerprint density at radius 1 is 0.925 bits per heavy atom. The standard InChI is InChI=1S/C39H40N8O5S/c40-36-34-35(25-11-13-28(14-12-25)52-27-7-2-1-3-8-27)44-47(37(34)42-24-41-36)26-6-5-17-45(22-26)18-19-51-20-21-53-32-10-4-9-29-30(32)23-46(39(29)50)31-15-16-33(48)43-38(31)49/h1-4,7-14,24,26,31H,5-6,15-23H2,(H2,40,41,42)(H,43,48,49). The van der Waals surface area contributed by atoms with Gasteiger partial charge in [-0.15, -0.1) is 11.8 Å². The molecular formula is C39H40N8O5S. The van der Waals surface area contributed by atoms with Gasteiger partial charge in [0.25, 0.3) is 5.91 Å². The minimum atomic E-state index is -0.623. The summed E-state index contributed by atoms with van der Waals surface area (Å²) in [6.07, 6.45) is 4.08. The van der Waals surface area contributed by atoms with Crippen molar-refractivity contribution < 1.29 is 23.9 Å². The maximum absolute atomic E-state index is 13.2. The highest BCUT2D eigenvalue weighted by molar-refractivity contribution is 7.99. The number of nitrogens with one attached hydrogen (secondary N) is 1. The van der Waals surface area contributed by atoms with E-state index in [2.05, 4.69) is 20.2 Å². The van der Waals surface area contributed by atoms with Crippen LogP contribution in [0.15, 0.2) is 84.0 Å². The summed E-state index contributed by atoms with van der Waals surface area (Å²) in [5.74, 6) is 1.78. The second-order valence-corrected chi connectivity index (χ2v) is 14.6. The molecule has 3 aliphatic heterocycles. The Bertz CT molecular complexity index is 2140. The van der Waals surface area contributed by atoms with Gasteiger partial charge in [-0.05, 0) is 79.9 Å². The molecule has 3 aliphatic rings. The van der Waals surface area contributed by atoms with Crippen molar-refractivity contribution in [3.8, 4) is 22.8 Å².